The van der Waals surface area contributed by atoms with Gasteiger partial charge in [0, 0.05) is 83.4 Å². The number of amides is 2. The third-order valence-corrected chi connectivity index (χ3v) is 8.77. The van der Waals surface area contributed by atoms with Crippen LogP contribution in [-0.4, -0.2) is 114 Å². The summed E-state index contributed by atoms with van der Waals surface area (Å²) in [6.45, 7) is 9.26. The summed E-state index contributed by atoms with van der Waals surface area (Å²) in [5.41, 5.74) is 0.630. The second-order valence-electron chi connectivity index (χ2n) is 11.0. The zero-order chi connectivity index (χ0) is 24.0. The number of nitrogens with one attached hydrogen (secondary N) is 1. The Balaban J connectivity index is 1.00. The van der Waals surface area contributed by atoms with E-state index in [4.69, 9.17) is 0 Å². The van der Waals surface area contributed by atoms with Crippen molar-refractivity contribution in [1.29, 1.82) is 0 Å². The van der Waals surface area contributed by atoms with Gasteiger partial charge in [0.25, 0.3) is 5.91 Å². The first-order chi connectivity index (χ1) is 17.2. The Morgan fingerprint density at radius 1 is 0.886 bits per heavy atom. The lowest BCUT2D eigenvalue weighted by molar-refractivity contribution is -0.135. The molecule has 3 heterocycles. The van der Waals surface area contributed by atoms with Crippen LogP contribution in [0.25, 0.3) is 0 Å². The van der Waals surface area contributed by atoms with Gasteiger partial charge < -0.3 is 10.2 Å². The molecule has 1 N–H and O–H groups in total. The summed E-state index contributed by atoms with van der Waals surface area (Å²) in [6.07, 6.45) is 12.2. The van der Waals surface area contributed by atoms with E-state index >= 15 is 0 Å². The molecule has 35 heavy (non-hydrogen) atoms. The molecule has 2 aliphatic heterocycles. The molecule has 0 radical (unpaired) electrons. The smallest absolute Gasteiger partial charge is 0.252 e. The average molecular weight is 483 g/mol. The number of rotatable bonds is 7. The molecule has 2 atom stereocenters. The number of nitrogens with zero attached hydrogens (tertiary/aromatic N) is 5. The predicted molar refractivity (Wildman–Crippen MR) is 136 cm³/mol. The summed E-state index contributed by atoms with van der Waals surface area (Å²) in [5, 5.41) is 3.12. The van der Waals surface area contributed by atoms with Crippen molar-refractivity contribution in [2.45, 2.75) is 57.0 Å². The second-order valence-corrected chi connectivity index (χ2v) is 11.0. The average Bonchev–Trinajstić information content (AvgIpc) is 2.88. The number of piperazine rings is 2. The van der Waals surface area contributed by atoms with E-state index in [1.807, 2.05) is 6.07 Å². The molecule has 8 heteroatoms. The number of hydrogen-bond acceptors (Lipinski definition) is 6. The van der Waals surface area contributed by atoms with Gasteiger partial charge in [-0.3, -0.25) is 29.3 Å². The SMILES string of the molecule is O=C(NCC1CCCC(N2CCN(CC(=O)N3CCN(C4CCC4)CC3)CC2)C1)c1cccnc1. The molecule has 5 rings (SSSR count). The number of carbonyl (C=O) groups excluding carboxylic acids is 2. The van der Waals surface area contributed by atoms with Crippen LogP contribution in [0.4, 0.5) is 0 Å². The van der Waals surface area contributed by atoms with E-state index in [1.165, 1.54) is 38.5 Å². The van der Waals surface area contributed by atoms with Gasteiger partial charge in [0.2, 0.25) is 5.91 Å². The van der Waals surface area contributed by atoms with Crippen molar-refractivity contribution >= 4 is 11.8 Å². The van der Waals surface area contributed by atoms with Crippen LogP contribution in [0.2, 0.25) is 0 Å². The van der Waals surface area contributed by atoms with Gasteiger partial charge in [-0.1, -0.05) is 12.8 Å². The Labute approximate surface area is 210 Å². The highest BCUT2D eigenvalue weighted by Crippen LogP contribution is 2.28. The van der Waals surface area contributed by atoms with Crippen LogP contribution in [0.1, 0.15) is 55.3 Å². The monoisotopic (exact) mass is 482 g/mol. The van der Waals surface area contributed by atoms with Crippen molar-refractivity contribution in [3.63, 3.8) is 0 Å². The lowest BCUT2D eigenvalue weighted by atomic mass is 9.84. The maximum Gasteiger partial charge on any atom is 0.252 e. The van der Waals surface area contributed by atoms with Gasteiger partial charge in [-0.25, -0.2) is 0 Å². The van der Waals surface area contributed by atoms with Crippen LogP contribution >= 0.6 is 0 Å². The van der Waals surface area contributed by atoms with Gasteiger partial charge >= 0.3 is 0 Å². The Bertz CT molecular complexity index is 831. The van der Waals surface area contributed by atoms with Crippen LogP contribution < -0.4 is 5.32 Å². The Morgan fingerprint density at radius 2 is 1.57 bits per heavy atom. The fraction of sp³-hybridized carbons (Fsp3) is 0.741. The molecule has 192 valence electrons. The van der Waals surface area contributed by atoms with Crippen LogP contribution in [0.3, 0.4) is 0 Å². The van der Waals surface area contributed by atoms with Crippen molar-refractivity contribution in [2.75, 3.05) is 65.4 Å². The van der Waals surface area contributed by atoms with Crippen LogP contribution in [-0.2, 0) is 4.79 Å². The summed E-state index contributed by atoms with van der Waals surface area (Å²) in [6, 6.07) is 5.00. The normalized spacial score (nSPS) is 27.4. The van der Waals surface area contributed by atoms with E-state index in [0.717, 1.165) is 71.4 Å². The van der Waals surface area contributed by atoms with Gasteiger partial charge in [-0.15, -0.1) is 0 Å². The molecule has 1 aromatic rings. The fourth-order valence-corrected chi connectivity index (χ4v) is 6.28. The minimum absolute atomic E-state index is 0.0250. The zero-order valence-electron chi connectivity index (χ0n) is 21.1. The summed E-state index contributed by atoms with van der Waals surface area (Å²) in [7, 11) is 0. The maximum atomic E-state index is 12.9. The fourth-order valence-electron chi connectivity index (χ4n) is 6.28. The molecule has 4 aliphatic rings. The molecule has 2 unspecified atom stereocenters. The highest BCUT2D eigenvalue weighted by molar-refractivity contribution is 5.93. The van der Waals surface area contributed by atoms with E-state index in [0.29, 0.717) is 30.0 Å². The summed E-state index contributed by atoms with van der Waals surface area (Å²) < 4.78 is 0. The molecule has 2 saturated heterocycles. The third kappa shape index (κ3) is 6.40. The van der Waals surface area contributed by atoms with Gasteiger partial charge in [0.1, 0.15) is 0 Å². The molecule has 2 aliphatic carbocycles. The van der Waals surface area contributed by atoms with Crippen LogP contribution in [0.5, 0.6) is 0 Å². The Kier molecular flexibility index (Phi) is 8.31. The highest BCUT2D eigenvalue weighted by atomic mass is 16.2. The largest absolute Gasteiger partial charge is 0.352 e. The first-order valence-electron chi connectivity index (χ1n) is 13.8. The summed E-state index contributed by atoms with van der Waals surface area (Å²) in [4.78, 5) is 39.0. The Morgan fingerprint density at radius 3 is 2.26 bits per heavy atom. The van der Waals surface area contributed by atoms with Crippen molar-refractivity contribution in [3.05, 3.63) is 30.1 Å². The molecule has 0 bridgehead atoms. The minimum atomic E-state index is -0.0250. The van der Waals surface area contributed by atoms with Crippen LogP contribution in [0, 0.1) is 5.92 Å². The topological polar surface area (TPSA) is 72.0 Å². The van der Waals surface area contributed by atoms with Crippen molar-refractivity contribution in [1.82, 2.24) is 29.9 Å². The highest BCUT2D eigenvalue weighted by Gasteiger charge is 2.32. The molecular formula is C27H42N6O2. The predicted octanol–water partition coefficient (Wildman–Crippen LogP) is 1.68. The number of pyridine rings is 1. The van der Waals surface area contributed by atoms with Crippen molar-refractivity contribution < 1.29 is 9.59 Å². The first-order valence-corrected chi connectivity index (χ1v) is 13.8. The molecule has 2 amide bonds. The van der Waals surface area contributed by atoms with Gasteiger partial charge in [-0.05, 0) is 50.2 Å². The van der Waals surface area contributed by atoms with E-state index in [9.17, 15) is 9.59 Å². The molecule has 1 aromatic heterocycles. The van der Waals surface area contributed by atoms with Gasteiger partial charge in [-0.2, -0.15) is 0 Å². The van der Waals surface area contributed by atoms with Gasteiger partial charge in [0.15, 0.2) is 0 Å². The summed E-state index contributed by atoms with van der Waals surface area (Å²) in [5.74, 6) is 0.823. The van der Waals surface area contributed by atoms with Crippen LogP contribution in [0.15, 0.2) is 24.5 Å². The Hall–Kier alpha value is -2.03. The van der Waals surface area contributed by atoms with Gasteiger partial charge in [0.05, 0.1) is 12.1 Å². The van der Waals surface area contributed by atoms with E-state index in [1.54, 1.807) is 18.5 Å². The second kappa shape index (κ2) is 11.8. The summed E-state index contributed by atoms with van der Waals surface area (Å²) >= 11 is 0. The minimum Gasteiger partial charge on any atom is -0.352 e. The standard InChI is InChI=1S/C27H42N6O2/c34-26(33-16-14-31(15-17-33)24-6-2-7-24)21-30-10-12-32(13-11-30)25-8-1-4-22(18-25)19-29-27(35)23-5-3-9-28-20-23/h3,5,9,20,22,24-25H,1-2,4,6-8,10-19,21H2,(H,29,35). The van der Waals surface area contributed by atoms with Crippen molar-refractivity contribution in [2.24, 2.45) is 5.92 Å². The molecule has 0 spiro atoms. The van der Waals surface area contributed by atoms with Crippen molar-refractivity contribution in [3.8, 4) is 0 Å². The molecular weight excluding hydrogens is 440 g/mol. The quantitative estimate of drug-likeness (QED) is 0.638. The third-order valence-electron chi connectivity index (χ3n) is 8.77. The van der Waals surface area contributed by atoms with E-state index in [-0.39, 0.29) is 5.91 Å². The van der Waals surface area contributed by atoms with E-state index in [2.05, 4.69) is 29.9 Å². The number of aromatic nitrogens is 1. The van der Waals surface area contributed by atoms with E-state index < -0.39 is 0 Å². The number of hydrogen-bond donors (Lipinski definition) is 1. The molecule has 0 aromatic carbocycles. The molecule has 8 nitrogen and oxygen atoms in total. The number of carbonyl (C=O) groups is 2. The first kappa shape index (κ1) is 24.7. The lowest BCUT2D eigenvalue weighted by Gasteiger charge is -2.44. The maximum absolute atomic E-state index is 12.9. The molecule has 4 fully saturated rings. The molecule has 2 saturated carbocycles. The lowest BCUT2D eigenvalue weighted by Crippen LogP contribution is -2.57. The zero-order valence-corrected chi connectivity index (χ0v) is 21.1.